The Kier molecular flexibility index (Phi) is 2.45. The highest BCUT2D eigenvalue weighted by molar-refractivity contribution is 5.84. The van der Waals surface area contributed by atoms with Gasteiger partial charge in [-0.3, -0.25) is 0 Å². The van der Waals surface area contributed by atoms with Crippen LogP contribution in [0.2, 0.25) is 0 Å². The normalized spacial score (nSPS) is 10.7. The third-order valence-corrected chi connectivity index (χ3v) is 3.07. The molecule has 0 amide bonds. The van der Waals surface area contributed by atoms with Crippen molar-refractivity contribution >= 4 is 16.6 Å². The van der Waals surface area contributed by atoms with Gasteiger partial charge in [0.2, 0.25) is 0 Å². The van der Waals surface area contributed by atoms with Crippen LogP contribution in [0.4, 0.5) is 5.69 Å². The quantitative estimate of drug-likeness (QED) is 0.696. The summed E-state index contributed by atoms with van der Waals surface area (Å²) in [6, 6.07) is 16.0. The van der Waals surface area contributed by atoms with E-state index in [-0.39, 0.29) is 0 Å². The van der Waals surface area contributed by atoms with Gasteiger partial charge in [0, 0.05) is 23.0 Å². The van der Waals surface area contributed by atoms with Crippen LogP contribution in [0.15, 0.2) is 54.7 Å². The first-order valence-corrected chi connectivity index (χ1v) is 5.79. The highest BCUT2D eigenvalue weighted by Crippen LogP contribution is 2.23. The van der Waals surface area contributed by atoms with Crippen molar-refractivity contribution in [1.82, 2.24) is 4.57 Å². The SMILES string of the molecule is COc1ccc(-n2ccc3ccc(N)cc32)cc1. The molecule has 0 bridgehead atoms. The monoisotopic (exact) mass is 238 g/mol. The largest absolute Gasteiger partial charge is 0.497 e. The third kappa shape index (κ3) is 1.70. The summed E-state index contributed by atoms with van der Waals surface area (Å²) in [5.74, 6) is 0.856. The molecule has 2 N–H and O–H groups in total. The summed E-state index contributed by atoms with van der Waals surface area (Å²) in [5, 5.41) is 1.18. The maximum Gasteiger partial charge on any atom is 0.119 e. The molecule has 1 aromatic heterocycles. The fourth-order valence-corrected chi connectivity index (χ4v) is 2.11. The highest BCUT2D eigenvalue weighted by Gasteiger charge is 2.03. The van der Waals surface area contributed by atoms with Crippen molar-refractivity contribution in [3.63, 3.8) is 0 Å². The summed E-state index contributed by atoms with van der Waals surface area (Å²) < 4.78 is 7.28. The van der Waals surface area contributed by atoms with E-state index in [1.165, 1.54) is 5.39 Å². The van der Waals surface area contributed by atoms with E-state index in [4.69, 9.17) is 10.5 Å². The van der Waals surface area contributed by atoms with Crippen LogP contribution in [-0.4, -0.2) is 11.7 Å². The first-order valence-electron chi connectivity index (χ1n) is 5.79. The summed E-state index contributed by atoms with van der Waals surface area (Å²) in [6.07, 6.45) is 2.05. The van der Waals surface area contributed by atoms with Crippen molar-refractivity contribution in [2.75, 3.05) is 12.8 Å². The molecule has 3 aromatic rings. The number of nitrogen functional groups attached to an aromatic ring is 1. The van der Waals surface area contributed by atoms with E-state index < -0.39 is 0 Å². The second-order valence-corrected chi connectivity index (χ2v) is 4.20. The lowest BCUT2D eigenvalue weighted by Gasteiger charge is -2.07. The second kappa shape index (κ2) is 4.11. The van der Waals surface area contributed by atoms with Gasteiger partial charge in [0.05, 0.1) is 12.6 Å². The maximum absolute atomic E-state index is 5.84. The zero-order chi connectivity index (χ0) is 12.5. The van der Waals surface area contributed by atoms with Crippen molar-refractivity contribution in [1.29, 1.82) is 0 Å². The van der Waals surface area contributed by atoms with E-state index in [9.17, 15) is 0 Å². The molecule has 3 heteroatoms. The summed E-state index contributed by atoms with van der Waals surface area (Å²) in [5.41, 5.74) is 8.82. The zero-order valence-electron chi connectivity index (χ0n) is 10.1. The van der Waals surface area contributed by atoms with Gasteiger partial charge in [0.15, 0.2) is 0 Å². The van der Waals surface area contributed by atoms with Gasteiger partial charge in [-0.1, -0.05) is 6.07 Å². The van der Waals surface area contributed by atoms with Crippen molar-refractivity contribution in [2.24, 2.45) is 0 Å². The molecule has 0 aliphatic carbocycles. The van der Waals surface area contributed by atoms with Crippen LogP contribution in [0.1, 0.15) is 0 Å². The minimum atomic E-state index is 0.774. The van der Waals surface area contributed by atoms with Crippen LogP contribution in [0.25, 0.3) is 16.6 Å². The van der Waals surface area contributed by atoms with Gasteiger partial charge in [-0.05, 0) is 42.5 Å². The van der Waals surface area contributed by atoms with Crippen LogP contribution in [-0.2, 0) is 0 Å². The molecule has 3 nitrogen and oxygen atoms in total. The fourth-order valence-electron chi connectivity index (χ4n) is 2.11. The number of aromatic nitrogens is 1. The predicted molar refractivity (Wildman–Crippen MR) is 74.2 cm³/mol. The summed E-state index contributed by atoms with van der Waals surface area (Å²) >= 11 is 0. The number of hydrogen-bond donors (Lipinski definition) is 1. The Morgan fingerprint density at radius 1 is 1.00 bits per heavy atom. The van der Waals surface area contributed by atoms with Gasteiger partial charge in [0.1, 0.15) is 5.75 Å². The summed E-state index contributed by atoms with van der Waals surface area (Å²) in [4.78, 5) is 0. The van der Waals surface area contributed by atoms with E-state index in [0.29, 0.717) is 0 Å². The Balaban J connectivity index is 2.15. The molecule has 0 spiro atoms. The average molecular weight is 238 g/mol. The minimum absolute atomic E-state index is 0.774. The van der Waals surface area contributed by atoms with E-state index in [1.54, 1.807) is 7.11 Å². The van der Waals surface area contributed by atoms with Gasteiger partial charge >= 0.3 is 0 Å². The van der Waals surface area contributed by atoms with E-state index >= 15 is 0 Å². The zero-order valence-corrected chi connectivity index (χ0v) is 10.1. The Labute approximate surface area is 105 Å². The molecule has 0 fully saturated rings. The molecule has 0 saturated carbocycles. The molecule has 3 rings (SSSR count). The standard InChI is InChI=1S/C15H14N2O/c1-18-14-6-4-13(5-7-14)17-9-8-11-2-3-12(16)10-15(11)17/h2-10H,16H2,1H3. The van der Waals surface area contributed by atoms with Gasteiger partial charge in [-0.25, -0.2) is 0 Å². The fraction of sp³-hybridized carbons (Fsp3) is 0.0667. The lowest BCUT2D eigenvalue weighted by Crippen LogP contribution is -1.93. The molecule has 0 aliphatic heterocycles. The number of fused-ring (bicyclic) bond motifs is 1. The predicted octanol–water partition coefficient (Wildman–Crippen LogP) is 3.22. The van der Waals surface area contributed by atoms with Crippen molar-refractivity contribution in [3.05, 3.63) is 54.7 Å². The Bertz CT molecular complexity index is 683. The molecule has 1 heterocycles. The molecule has 0 unspecified atom stereocenters. The minimum Gasteiger partial charge on any atom is -0.497 e. The number of ether oxygens (including phenoxy) is 1. The highest BCUT2D eigenvalue weighted by atomic mass is 16.5. The van der Waals surface area contributed by atoms with Crippen LogP contribution < -0.4 is 10.5 Å². The van der Waals surface area contributed by atoms with Gasteiger partial charge in [-0.15, -0.1) is 0 Å². The first kappa shape index (κ1) is 10.7. The molecule has 0 atom stereocenters. The van der Waals surface area contributed by atoms with Gasteiger partial charge < -0.3 is 15.0 Å². The Morgan fingerprint density at radius 2 is 1.78 bits per heavy atom. The van der Waals surface area contributed by atoms with Crippen molar-refractivity contribution in [3.8, 4) is 11.4 Å². The molecular weight excluding hydrogens is 224 g/mol. The molecular formula is C15H14N2O. The smallest absolute Gasteiger partial charge is 0.119 e. The number of methoxy groups -OCH3 is 1. The molecule has 0 radical (unpaired) electrons. The number of rotatable bonds is 2. The molecule has 0 aliphatic rings. The topological polar surface area (TPSA) is 40.2 Å². The number of benzene rings is 2. The third-order valence-electron chi connectivity index (χ3n) is 3.07. The molecule has 2 aromatic carbocycles. The molecule has 90 valence electrons. The van der Waals surface area contributed by atoms with E-state index in [0.717, 1.165) is 22.6 Å². The van der Waals surface area contributed by atoms with Gasteiger partial charge in [0.25, 0.3) is 0 Å². The number of nitrogens with zero attached hydrogens (tertiary/aromatic N) is 1. The van der Waals surface area contributed by atoms with Crippen molar-refractivity contribution in [2.45, 2.75) is 0 Å². The van der Waals surface area contributed by atoms with E-state index in [1.807, 2.05) is 48.7 Å². The lowest BCUT2D eigenvalue weighted by atomic mass is 10.2. The molecule has 0 saturated heterocycles. The van der Waals surface area contributed by atoms with E-state index in [2.05, 4.69) is 10.6 Å². The Hall–Kier alpha value is -2.42. The van der Waals surface area contributed by atoms with Crippen LogP contribution >= 0.6 is 0 Å². The van der Waals surface area contributed by atoms with Gasteiger partial charge in [-0.2, -0.15) is 0 Å². The second-order valence-electron chi connectivity index (χ2n) is 4.20. The molecule has 18 heavy (non-hydrogen) atoms. The van der Waals surface area contributed by atoms with Crippen LogP contribution in [0, 0.1) is 0 Å². The number of hydrogen-bond acceptors (Lipinski definition) is 2. The Morgan fingerprint density at radius 3 is 2.50 bits per heavy atom. The van der Waals surface area contributed by atoms with Crippen LogP contribution in [0.5, 0.6) is 5.75 Å². The summed E-state index contributed by atoms with van der Waals surface area (Å²) in [7, 11) is 1.67. The number of anilines is 1. The maximum atomic E-state index is 5.84. The lowest BCUT2D eigenvalue weighted by molar-refractivity contribution is 0.415. The first-order chi connectivity index (χ1) is 8.78. The van der Waals surface area contributed by atoms with Crippen molar-refractivity contribution < 1.29 is 4.74 Å². The summed E-state index contributed by atoms with van der Waals surface area (Å²) in [6.45, 7) is 0. The van der Waals surface area contributed by atoms with Crippen LogP contribution in [0.3, 0.4) is 0 Å². The average Bonchev–Trinajstić information content (AvgIpc) is 2.82. The number of nitrogens with two attached hydrogens (primary N) is 1.